The molecule has 0 aliphatic heterocycles. The normalized spacial score (nSPS) is 11.0. The van der Waals surface area contributed by atoms with Crippen LogP contribution in [-0.4, -0.2) is 12.8 Å². The molecular formula is C11H17F3O2. The molecule has 1 aromatic rings. The Morgan fingerprint density at radius 3 is 2.25 bits per heavy atom. The third-order valence-corrected chi connectivity index (χ3v) is 1.64. The first kappa shape index (κ1) is 14.9. The predicted molar refractivity (Wildman–Crippen MR) is 55.7 cm³/mol. The summed E-state index contributed by atoms with van der Waals surface area (Å²) in [6.45, 7) is 6.51. The molecule has 94 valence electrons. The van der Waals surface area contributed by atoms with Gasteiger partial charge in [0.05, 0.1) is 6.26 Å². The van der Waals surface area contributed by atoms with E-state index in [1.807, 2.05) is 27.7 Å². The first-order valence-corrected chi connectivity index (χ1v) is 5.16. The molecule has 2 nitrogen and oxygen atoms in total. The van der Waals surface area contributed by atoms with E-state index in [-0.39, 0.29) is 11.9 Å². The largest absolute Gasteiger partial charge is 0.455 e. The zero-order valence-electron chi connectivity index (χ0n) is 9.89. The number of alkyl halides is 3. The minimum absolute atomic E-state index is 0.0916. The van der Waals surface area contributed by atoms with Crippen LogP contribution < -0.4 is 4.74 Å². The number of furan rings is 1. The van der Waals surface area contributed by atoms with Gasteiger partial charge in [-0.25, -0.2) is 0 Å². The number of ether oxygens (including phenoxy) is 1. The van der Waals surface area contributed by atoms with E-state index in [2.05, 4.69) is 4.74 Å². The molecule has 0 saturated carbocycles. The van der Waals surface area contributed by atoms with Crippen molar-refractivity contribution >= 4 is 0 Å². The second kappa shape index (κ2) is 6.45. The summed E-state index contributed by atoms with van der Waals surface area (Å²) in [6.07, 6.45) is -2.93. The van der Waals surface area contributed by atoms with E-state index in [0.717, 1.165) is 5.56 Å². The van der Waals surface area contributed by atoms with Crippen LogP contribution in [-0.2, 0) is 0 Å². The van der Waals surface area contributed by atoms with Gasteiger partial charge < -0.3 is 9.15 Å². The SMILES string of the molecule is CC.CC(C)c1coc(OCC(F)(F)F)c1. The molecule has 1 heterocycles. The molecule has 0 atom stereocenters. The van der Waals surface area contributed by atoms with Crippen molar-refractivity contribution in [2.24, 2.45) is 0 Å². The van der Waals surface area contributed by atoms with Crippen LogP contribution in [0.4, 0.5) is 13.2 Å². The molecule has 0 saturated heterocycles. The number of hydrogen-bond donors (Lipinski definition) is 0. The maximum absolute atomic E-state index is 11.7. The summed E-state index contributed by atoms with van der Waals surface area (Å²) in [6, 6.07) is 1.47. The maximum atomic E-state index is 11.7. The van der Waals surface area contributed by atoms with E-state index in [1.165, 1.54) is 12.3 Å². The van der Waals surface area contributed by atoms with E-state index in [0.29, 0.717) is 0 Å². The molecule has 0 unspecified atom stereocenters. The van der Waals surface area contributed by atoms with Gasteiger partial charge in [0, 0.05) is 6.07 Å². The minimum Gasteiger partial charge on any atom is -0.455 e. The number of hydrogen-bond acceptors (Lipinski definition) is 2. The molecule has 5 heteroatoms. The summed E-state index contributed by atoms with van der Waals surface area (Å²) in [5, 5.41) is 0. The van der Waals surface area contributed by atoms with Crippen molar-refractivity contribution < 1.29 is 22.3 Å². The Bertz CT molecular complexity index is 290. The average Bonchev–Trinajstić information content (AvgIpc) is 2.65. The summed E-state index contributed by atoms with van der Waals surface area (Å²) in [5.74, 6) is 0.119. The number of halogens is 3. The van der Waals surface area contributed by atoms with Crippen molar-refractivity contribution in [3.8, 4) is 5.95 Å². The highest BCUT2D eigenvalue weighted by molar-refractivity contribution is 5.19. The monoisotopic (exact) mass is 238 g/mol. The number of rotatable bonds is 3. The molecule has 0 amide bonds. The van der Waals surface area contributed by atoms with Gasteiger partial charge in [0.25, 0.3) is 5.95 Å². The lowest BCUT2D eigenvalue weighted by atomic mass is 10.1. The Hall–Kier alpha value is -1.13. The molecule has 16 heavy (non-hydrogen) atoms. The maximum Gasteiger partial charge on any atom is 0.422 e. The fraction of sp³-hybridized carbons (Fsp3) is 0.636. The summed E-state index contributed by atoms with van der Waals surface area (Å²) in [5.41, 5.74) is 0.821. The van der Waals surface area contributed by atoms with E-state index in [9.17, 15) is 13.2 Å². The quantitative estimate of drug-likeness (QED) is 0.780. The van der Waals surface area contributed by atoms with Crippen LogP contribution in [0.2, 0.25) is 0 Å². The summed E-state index contributed by atoms with van der Waals surface area (Å²) in [4.78, 5) is 0. The molecule has 0 aromatic carbocycles. The Balaban J connectivity index is 0.00000106. The zero-order valence-corrected chi connectivity index (χ0v) is 9.89. The van der Waals surface area contributed by atoms with Gasteiger partial charge >= 0.3 is 6.18 Å². The van der Waals surface area contributed by atoms with Gasteiger partial charge in [-0.15, -0.1) is 0 Å². The highest BCUT2D eigenvalue weighted by Gasteiger charge is 2.29. The fourth-order valence-corrected chi connectivity index (χ4v) is 0.862. The van der Waals surface area contributed by atoms with Gasteiger partial charge in [0.1, 0.15) is 0 Å². The van der Waals surface area contributed by atoms with E-state index >= 15 is 0 Å². The third kappa shape index (κ3) is 5.68. The van der Waals surface area contributed by atoms with Crippen LogP contribution in [0, 0.1) is 0 Å². The van der Waals surface area contributed by atoms with E-state index < -0.39 is 12.8 Å². The van der Waals surface area contributed by atoms with Gasteiger partial charge in [-0.2, -0.15) is 13.2 Å². The van der Waals surface area contributed by atoms with Crippen molar-refractivity contribution in [2.45, 2.75) is 39.8 Å². The van der Waals surface area contributed by atoms with Crippen molar-refractivity contribution in [3.63, 3.8) is 0 Å². The third-order valence-electron chi connectivity index (χ3n) is 1.64. The average molecular weight is 238 g/mol. The lowest BCUT2D eigenvalue weighted by Crippen LogP contribution is -2.18. The Morgan fingerprint density at radius 2 is 1.88 bits per heavy atom. The molecule has 1 aromatic heterocycles. The van der Waals surface area contributed by atoms with Gasteiger partial charge in [0.2, 0.25) is 0 Å². The topological polar surface area (TPSA) is 22.4 Å². The molecule has 0 spiro atoms. The van der Waals surface area contributed by atoms with Crippen LogP contribution in [0.5, 0.6) is 5.95 Å². The van der Waals surface area contributed by atoms with Crippen LogP contribution in [0.3, 0.4) is 0 Å². The minimum atomic E-state index is -4.33. The van der Waals surface area contributed by atoms with E-state index in [4.69, 9.17) is 4.42 Å². The highest BCUT2D eigenvalue weighted by Crippen LogP contribution is 2.24. The fourth-order valence-electron chi connectivity index (χ4n) is 0.862. The van der Waals surface area contributed by atoms with Crippen molar-refractivity contribution in [2.75, 3.05) is 6.61 Å². The van der Waals surface area contributed by atoms with Crippen molar-refractivity contribution in [3.05, 3.63) is 17.9 Å². The van der Waals surface area contributed by atoms with Crippen LogP contribution in [0.1, 0.15) is 39.2 Å². The lowest BCUT2D eigenvalue weighted by molar-refractivity contribution is -0.156. The summed E-state index contributed by atoms with van der Waals surface area (Å²) in [7, 11) is 0. The molecule has 0 N–H and O–H groups in total. The lowest BCUT2D eigenvalue weighted by Gasteiger charge is -2.05. The molecule has 0 radical (unpaired) electrons. The van der Waals surface area contributed by atoms with E-state index in [1.54, 1.807) is 0 Å². The van der Waals surface area contributed by atoms with Gasteiger partial charge in [-0.1, -0.05) is 27.7 Å². The standard InChI is InChI=1S/C9H11F3O2.C2H6/c1-6(2)7-3-8(13-4-7)14-5-9(10,11)12;1-2/h3-4,6H,5H2,1-2H3;1-2H3. The van der Waals surface area contributed by atoms with Gasteiger partial charge in [-0.05, 0) is 11.5 Å². The Morgan fingerprint density at radius 1 is 1.31 bits per heavy atom. The molecule has 1 rings (SSSR count). The highest BCUT2D eigenvalue weighted by atomic mass is 19.4. The second-order valence-electron chi connectivity index (χ2n) is 3.26. The van der Waals surface area contributed by atoms with Crippen LogP contribution in [0.25, 0.3) is 0 Å². The molecule has 0 aliphatic carbocycles. The van der Waals surface area contributed by atoms with Crippen LogP contribution in [0.15, 0.2) is 16.7 Å². The summed E-state index contributed by atoms with van der Waals surface area (Å²) >= 11 is 0. The van der Waals surface area contributed by atoms with Crippen LogP contribution >= 0.6 is 0 Å². The summed E-state index contributed by atoms with van der Waals surface area (Å²) < 4.78 is 44.4. The molecular weight excluding hydrogens is 221 g/mol. The predicted octanol–water partition coefficient (Wildman–Crippen LogP) is 4.37. The second-order valence-corrected chi connectivity index (χ2v) is 3.26. The van der Waals surface area contributed by atoms with Gasteiger partial charge in [0.15, 0.2) is 6.61 Å². The molecule has 0 aliphatic rings. The van der Waals surface area contributed by atoms with Crippen molar-refractivity contribution in [1.29, 1.82) is 0 Å². The smallest absolute Gasteiger partial charge is 0.422 e. The Kier molecular flexibility index (Phi) is 6.00. The first-order valence-electron chi connectivity index (χ1n) is 5.16. The first-order chi connectivity index (χ1) is 7.38. The van der Waals surface area contributed by atoms with Gasteiger partial charge in [-0.3, -0.25) is 0 Å². The Labute approximate surface area is 93.4 Å². The molecule has 0 fully saturated rings. The molecule has 0 bridgehead atoms. The van der Waals surface area contributed by atoms with Crippen molar-refractivity contribution in [1.82, 2.24) is 0 Å². The zero-order chi connectivity index (χ0) is 12.8.